The summed E-state index contributed by atoms with van der Waals surface area (Å²) in [5.74, 6) is -0.891. The Hall–Kier alpha value is -2.37. The van der Waals surface area contributed by atoms with Gasteiger partial charge in [-0.2, -0.15) is 0 Å². The molecule has 422 valence electrons. The molecular formula is C66H122O6. The summed E-state index contributed by atoms with van der Waals surface area (Å²) in [6.45, 7) is 6.54. The van der Waals surface area contributed by atoms with Crippen LogP contribution in [0.25, 0.3) is 0 Å². The van der Waals surface area contributed by atoms with E-state index in [0.29, 0.717) is 19.3 Å². The van der Waals surface area contributed by atoms with Gasteiger partial charge in [0.15, 0.2) is 6.10 Å². The largest absolute Gasteiger partial charge is 0.462 e. The molecule has 0 N–H and O–H groups in total. The van der Waals surface area contributed by atoms with Crippen molar-refractivity contribution < 1.29 is 28.6 Å². The third kappa shape index (κ3) is 58.5. The first-order valence-corrected chi connectivity index (χ1v) is 32.0. The third-order valence-corrected chi connectivity index (χ3v) is 14.4. The Morgan fingerprint density at radius 3 is 0.847 bits per heavy atom. The minimum Gasteiger partial charge on any atom is -0.462 e. The van der Waals surface area contributed by atoms with E-state index in [2.05, 4.69) is 57.2 Å². The van der Waals surface area contributed by atoms with E-state index < -0.39 is 6.10 Å². The number of rotatable bonds is 59. The van der Waals surface area contributed by atoms with Gasteiger partial charge in [0.05, 0.1) is 0 Å². The van der Waals surface area contributed by atoms with Crippen LogP contribution in [0.5, 0.6) is 0 Å². The smallest absolute Gasteiger partial charge is 0.306 e. The second-order valence-corrected chi connectivity index (χ2v) is 21.7. The van der Waals surface area contributed by atoms with Gasteiger partial charge in [0, 0.05) is 19.3 Å². The summed E-state index contributed by atoms with van der Waals surface area (Å²) in [5.41, 5.74) is 0. The first kappa shape index (κ1) is 69.6. The van der Waals surface area contributed by atoms with E-state index in [1.54, 1.807) is 0 Å². The number of allylic oxidation sites excluding steroid dienone is 6. The molecule has 0 aliphatic carbocycles. The molecule has 0 saturated heterocycles. The molecule has 0 aliphatic heterocycles. The number of esters is 3. The Bertz CT molecular complexity index is 1210. The van der Waals surface area contributed by atoms with Gasteiger partial charge < -0.3 is 14.2 Å². The van der Waals surface area contributed by atoms with Gasteiger partial charge >= 0.3 is 17.9 Å². The van der Waals surface area contributed by atoms with Crippen LogP contribution in [0.2, 0.25) is 0 Å². The lowest BCUT2D eigenvalue weighted by Gasteiger charge is -2.18. The van der Waals surface area contributed by atoms with Crippen molar-refractivity contribution in [1.82, 2.24) is 0 Å². The molecule has 6 nitrogen and oxygen atoms in total. The van der Waals surface area contributed by atoms with Gasteiger partial charge in [0.1, 0.15) is 13.2 Å². The summed E-state index contributed by atoms with van der Waals surface area (Å²) in [6, 6.07) is 0. The predicted octanol–water partition coefficient (Wildman–Crippen LogP) is 21.6. The van der Waals surface area contributed by atoms with Crippen molar-refractivity contribution in [2.24, 2.45) is 0 Å². The van der Waals surface area contributed by atoms with Gasteiger partial charge in [-0.25, -0.2) is 0 Å². The number of carbonyl (C=O) groups excluding carboxylic acids is 3. The van der Waals surface area contributed by atoms with Crippen molar-refractivity contribution in [2.75, 3.05) is 13.2 Å². The molecule has 0 aromatic heterocycles. The van der Waals surface area contributed by atoms with Gasteiger partial charge in [-0.3, -0.25) is 14.4 Å². The zero-order valence-electron chi connectivity index (χ0n) is 48.5. The summed E-state index contributed by atoms with van der Waals surface area (Å²) in [4.78, 5) is 38.1. The van der Waals surface area contributed by atoms with Crippen molar-refractivity contribution >= 4 is 17.9 Å². The molecule has 0 fully saturated rings. The van der Waals surface area contributed by atoms with Crippen molar-refractivity contribution in [2.45, 2.75) is 354 Å². The molecule has 0 aromatic rings. The number of hydrogen-bond acceptors (Lipinski definition) is 6. The van der Waals surface area contributed by atoms with Crippen LogP contribution in [0, 0.1) is 0 Å². The minimum absolute atomic E-state index is 0.0793. The molecule has 0 aromatic carbocycles. The van der Waals surface area contributed by atoms with Crippen LogP contribution in [0.4, 0.5) is 0 Å². The van der Waals surface area contributed by atoms with E-state index in [9.17, 15) is 14.4 Å². The van der Waals surface area contributed by atoms with E-state index in [1.807, 2.05) is 0 Å². The summed E-state index contributed by atoms with van der Waals surface area (Å²) in [5, 5.41) is 0. The van der Waals surface area contributed by atoms with Gasteiger partial charge in [-0.15, -0.1) is 0 Å². The fraction of sp³-hybridized carbons (Fsp3) is 0.864. The molecule has 72 heavy (non-hydrogen) atoms. The van der Waals surface area contributed by atoms with Crippen LogP contribution in [0.3, 0.4) is 0 Å². The Balaban J connectivity index is 4.07. The van der Waals surface area contributed by atoms with Gasteiger partial charge in [-0.1, -0.05) is 314 Å². The molecule has 0 rings (SSSR count). The van der Waals surface area contributed by atoms with Crippen molar-refractivity contribution in [1.29, 1.82) is 0 Å². The molecule has 0 saturated carbocycles. The second kappa shape index (κ2) is 61.2. The number of ether oxygens (including phenoxy) is 3. The van der Waals surface area contributed by atoms with E-state index in [4.69, 9.17) is 14.2 Å². The predicted molar refractivity (Wildman–Crippen MR) is 312 cm³/mol. The lowest BCUT2D eigenvalue weighted by molar-refractivity contribution is -0.167. The van der Waals surface area contributed by atoms with Gasteiger partial charge in [0.2, 0.25) is 0 Å². The van der Waals surface area contributed by atoms with Crippen molar-refractivity contribution in [3.8, 4) is 0 Å². The van der Waals surface area contributed by atoms with Crippen molar-refractivity contribution in [3.63, 3.8) is 0 Å². The molecule has 0 radical (unpaired) electrons. The summed E-state index contributed by atoms with van der Waals surface area (Å²) in [7, 11) is 0. The highest BCUT2D eigenvalue weighted by atomic mass is 16.6. The van der Waals surface area contributed by atoms with E-state index in [-0.39, 0.29) is 31.1 Å². The van der Waals surface area contributed by atoms with Crippen LogP contribution >= 0.6 is 0 Å². The highest BCUT2D eigenvalue weighted by Gasteiger charge is 2.19. The monoisotopic (exact) mass is 1010 g/mol. The zero-order valence-corrected chi connectivity index (χ0v) is 48.5. The second-order valence-electron chi connectivity index (χ2n) is 21.7. The number of hydrogen-bond donors (Lipinski definition) is 0. The highest BCUT2D eigenvalue weighted by Crippen LogP contribution is 2.18. The molecule has 0 spiro atoms. The van der Waals surface area contributed by atoms with Crippen LogP contribution in [-0.2, 0) is 28.6 Å². The molecule has 0 aliphatic rings. The summed E-state index contributed by atoms with van der Waals surface area (Å²) >= 11 is 0. The van der Waals surface area contributed by atoms with Gasteiger partial charge in [-0.05, 0) is 51.4 Å². The minimum atomic E-state index is -0.783. The number of unbranched alkanes of at least 4 members (excludes halogenated alkanes) is 42. The molecule has 0 heterocycles. The normalized spacial score (nSPS) is 12.2. The lowest BCUT2D eigenvalue weighted by Crippen LogP contribution is -2.30. The quantitative estimate of drug-likeness (QED) is 0.0261. The average Bonchev–Trinajstić information content (AvgIpc) is 3.38. The summed E-state index contributed by atoms with van der Waals surface area (Å²) < 4.78 is 16.8. The standard InChI is InChI=1S/C66H122O6/c1-4-7-10-13-16-19-22-24-25-26-27-28-29-30-31-32-33-34-35-36-37-38-39-40-42-44-47-50-53-56-59-65(68)71-62-63(61-70-64(67)58-55-52-49-46-43-21-18-15-12-9-6-3)72-66(69)60-57-54-51-48-45-41-23-20-17-14-11-8-5-2/h8,11,17,20,41,45,63H,4-7,9-10,12-16,18-19,21-40,42-44,46-62H2,1-3H3/b11-8-,20-17-,45-41-. The molecule has 1 unspecified atom stereocenters. The number of carbonyl (C=O) groups is 3. The maximum Gasteiger partial charge on any atom is 0.306 e. The molecule has 0 amide bonds. The van der Waals surface area contributed by atoms with E-state index >= 15 is 0 Å². The Morgan fingerprint density at radius 1 is 0.292 bits per heavy atom. The maximum absolute atomic E-state index is 12.8. The maximum atomic E-state index is 12.8. The van der Waals surface area contributed by atoms with E-state index in [1.165, 1.54) is 225 Å². The highest BCUT2D eigenvalue weighted by molar-refractivity contribution is 5.71. The summed E-state index contributed by atoms with van der Waals surface area (Å²) in [6.07, 6.45) is 74.7. The fourth-order valence-electron chi connectivity index (χ4n) is 9.64. The Morgan fingerprint density at radius 2 is 0.542 bits per heavy atom. The third-order valence-electron chi connectivity index (χ3n) is 14.4. The van der Waals surface area contributed by atoms with Crippen LogP contribution in [0.15, 0.2) is 36.5 Å². The van der Waals surface area contributed by atoms with Crippen LogP contribution in [0.1, 0.15) is 348 Å². The first-order chi connectivity index (χ1) is 35.5. The SMILES string of the molecule is CC/C=C\C/C=C\C/C=C\CCCCCC(=O)OC(COC(=O)CCCCCCCCCCCCC)COC(=O)CCCCCCCCCCCCCCCCCCCCCCCCCCCCCCCC. The zero-order chi connectivity index (χ0) is 52.2. The topological polar surface area (TPSA) is 78.9 Å². The lowest BCUT2D eigenvalue weighted by atomic mass is 10.0. The molecule has 0 bridgehead atoms. The molecule has 1 atom stereocenters. The van der Waals surface area contributed by atoms with Gasteiger partial charge in [0.25, 0.3) is 0 Å². The van der Waals surface area contributed by atoms with Crippen LogP contribution < -0.4 is 0 Å². The Labute approximate surface area is 448 Å². The van der Waals surface area contributed by atoms with E-state index in [0.717, 1.165) is 83.5 Å². The molecular weight excluding hydrogens is 889 g/mol. The first-order valence-electron chi connectivity index (χ1n) is 32.0. The van der Waals surface area contributed by atoms with Crippen molar-refractivity contribution in [3.05, 3.63) is 36.5 Å². The molecule has 6 heteroatoms. The fourth-order valence-corrected chi connectivity index (χ4v) is 9.64. The Kier molecular flexibility index (Phi) is 59.2. The average molecular weight is 1010 g/mol. The van der Waals surface area contributed by atoms with Crippen LogP contribution in [-0.4, -0.2) is 37.2 Å².